The van der Waals surface area contributed by atoms with E-state index in [9.17, 15) is 8.42 Å². The number of nitrogens with one attached hydrogen (secondary N) is 2. The zero-order valence-corrected chi connectivity index (χ0v) is 21.3. The van der Waals surface area contributed by atoms with Gasteiger partial charge in [-0.1, -0.05) is 17.7 Å². The van der Waals surface area contributed by atoms with Gasteiger partial charge in [0.05, 0.1) is 10.9 Å². The fourth-order valence-corrected chi connectivity index (χ4v) is 5.09. The van der Waals surface area contributed by atoms with Crippen LogP contribution in [0.25, 0.3) is 0 Å². The molecule has 10 heteroatoms. The van der Waals surface area contributed by atoms with Crippen molar-refractivity contribution in [1.29, 1.82) is 0 Å². The van der Waals surface area contributed by atoms with E-state index in [1.165, 1.54) is 5.56 Å². The molecule has 0 aliphatic rings. The molecule has 1 aromatic heterocycles. The van der Waals surface area contributed by atoms with E-state index < -0.39 is 16.1 Å². The van der Waals surface area contributed by atoms with Crippen molar-refractivity contribution in [2.24, 2.45) is 0 Å². The van der Waals surface area contributed by atoms with Crippen LogP contribution in [0.3, 0.4) is 0 Å². The lowest BCUT2D eigenvalue weighted by molar-refractivity contribution is 0.547. The van der Waals surface area contributed by atoms with Crippen molar-refractivity contribution >= 4 is 66.8 Å². The number of nitrogens with zero attached hydrogens (tertiary/aromatic N) is 3. The molecule has 29 heavy (non-hydrogen) atoms. The minimum atomic E-state index is -3.69. The maximum absolute atomic E-state index is 12.8. The van der Waals surface area contributed by atoms with Gasteiger partial charge in [0, 0.05) is 19.4 Å². The Bertz CT molecular complexity index is 1110. The molecule has 1 heterocycles. The summed E-state index contributed by atoms with van der Waals surface area (Å²) < 4.78 is 32.1. The molecule has 1 atom stereocenters. The number of halogens is 2. The highest BCUT2D eigenvalue weighted by molar-refractivity contribution is 14.1. The average molecular weight is 637 g/mol. The summed E-state index contributed by atoms with van der Waals surface area (Å²) >= 11 is 4.30. The molecule has 0 saturated heterocycles. The molecule has 2 N–H and O–H groups in total. The summed E-state index contributed by atoms with van der Waals surface area (Å²) in [6.45, 7) is 6.36. The highest BCUT2D eigenvalue weighted by Gasteiger charge is 2.24. The largest absolute Gasteiger partial charge is 0.324 e. The smallest absolute Gasteiger partial charge is 0.241 e. The van der Waals surface area contributed by atoms with E-state index in [1.807, 2.05) is 42.7 Å². The van der Waals surface area contributed by atoms with Crippen molar-refractivity contribution in [2.45, 2.75) is 38.3 Å². The molecule has 154 valence electrons. The van der Waals surface area contributed by atoms with Crippen molar-refractivity contribution in [3.63, 3.8) is 0 Å². The second-order valence-corrected chi connectivity index (χ2v) is 10.6. The lowest BCUT2D eigenvalue weighted by atomic mass is 10.2. The molecule has 0 fully saturated rings. The number of hydrogen-bond donors (Lipinski definition) is 2. The van der Waals surface area contributed by atoms with Crippen LogP contribution < -0.4 is 10.0 Å². The molecule has 0 amide bonds. The maximum Gasteiger partial charge on any atom is 0.241 e. The molecule has 3 rings (SSSR count). The monoisotopic (exact) mass is 637 g/mol. The van der Waals surface area contributed by atoms with Crippen molar-refractivity contribution < 1.29 is 8.42 Å². The molecule has 0 radical (unpaired) electrons. The summed E-state index contributed by atoms with van der Waals surface area (Å²) in [5.74, 6) is 1.12. The zero-order chi connectivity index (χ0) is 21.2. The standard InChI is InChI=1S/C19H21I2N5O2S/c1-4-26-18(23-24-19(26)22-14-7-5-12(2)6-8-14)13(3)25-29(27,28)15-9-10-16(20)17(21)11-15/h5-11,13,25H,4H2,1-3H3,(H,22,24)/t13-/m1/s1. The number of aryl methyl sites for hydroxylation is 1. The van der Waals surface area contributed by atoms with Crippen LogP contribution in [0.4, 0.5) is 11.6 Å². The number of benzene rings is 2. The maximum atomic E-state index is 12.8. The minimum Gasteiger partial charge on any atom is -0.324 e. The van der Waals surface area contributed by atoms with Crippen molar-refractivity contribution in [3.05, 3.63) is 61.0 Å². The zero-order valence-electron chi connectivity index (χ0n) is 16.1. The third-order valence-electron chi connectivity index (χ3n) is 4.32. The average Bonchev–Trinajstić information content (AvgIpc) is 3.08. The Kier molecular flexibility index (Phi) is 7.17. The third-order valence-corrected chi connectivity index (χ3v) is 8.73. The molecule has 0 bridgehead atoms. The predicted molar refractivity (Wildman–Crippen MR) is 131 cm³/mol. The first-order valence-electron chi connectivity index (χ1n) is 8.95. The summed E-state index contributed by atoms with van der Waals surface area (Å²) in [4.78, 5) is 0.231. The van der Waals surface area contributed by atoms with Crippen molar-refractivity contribution in [1.82, 2.24) is 19.5 Å². The molecule has 3 aromatic rings. The Balaban J connectivity index is 1.83. The van der Waals surface area contributed by atoms with Crippen LogP contribution in [-0.2, 0) is 16.6 Å². The van der Waals surface area contributed by atoms with Crippen LogP contribution in [0.1, 0.15) is 31.3 Å². The van der Waals surface area contributed by atoms with Crippen molar-refractivity contribution in [2.75, 3.05) is 5.32 Å². The highest BCUT2D eigenvalue weighted by atomic mass is 127. The van der Waals surface area contributed by atoms with Gasteiger partial charge in [-0.3, -0.25) is 4.57 Å². The van der Waals surface area contributed by atoms with E-state index in [0.29, 0.717) is 18.3 Å². The predicted octanol–water partition coefficient (Wildman–Crippen LogP) is 4.60. The fraction of sp³-hybridized carbons (Fsp3) is 0.263. The van der Waals surface area contributed by atoms with E-state index >= 15 is 0 Å². The number of hydrogen-bond acceptors (Lipinski definition) is 5. The second-order valence-electron chi connectivity index (χ2n) is 6.54. The Morgan fingerprint density at radius 1 is 1.07 bits per heavy atom. The highest BCUT2D eigenvalue weighted by Crippen LogP contribution is 2.23. The Hall–Kier alpha value is -1.25. The van der Waals surface area contributed by atoms with E-state index in [4.69, 9.17) is 0 Å². The van der Waals surface area contributed by atoms with Gasteiger partial charge in [0.15, 0.2) is 5.82 Å². The summed E-state index contributed by atoms with van der Waals surface area (Å²) in [5.41, 5.74) is 2.06. The lowest BCUT2D eigenvalue weighted by Crippen LogP contribution is -2.29. The van der Waals surface area contributed by atoms with Gasteiger partial charge in [0.25, 0.3) is 0 Å². The van der Waals surface area contributed by atoms with E-state index in [2.05, 4.69) is 65.4 Å². The number of rotatable bonds is 7. The molecular formula is C19H21I2N5O2S. The number of sulfonamides is 1. The fourth-order valence-electron chi connectivity index (χ4n) is 2.80. The van der Waals surface area contributed by atoms with Gasteiger partial charge in [0.2, 0.25) is 16.0 Å². The second kappa shape index (κ2) is 9.27. The Morgan fingerprint density at radius 3 is 2.38 bits per heavy atom. The first-order valence-corrected chi connectivity index (χ1v) is 12.6. The van der Waals surface area contributed by atoms with Crippen molar-refractivity contribution in [3.8, 4) is 0 Å². The quantitative estimate of drug-likeness (QED) is 0.370. The molecule has 0 saturated carbocycles. The van der Waals surface area contributed by atoms with Gasteiger partial charge < -0.3 is 5.32 Å². The molecule has 2 aromatic carbocycles. The Morgan fingerprint density at radius 2 is 1.76 bits per heavy atom. The molecule has 0 aliphatic carbocycles. The number of aromatic nitrogens is 3. The van der Waals surface area contributed by atoms with Gasteiger partial charge in [0.1, 0.15) is 0 Å². The van der Waals surface area contributed by atoms with Crippen LogP contribution in [0.2, 0.25) is 0 Å². The van der Waals surface area contributed by atoms with Crippen LogP contribution in [0.5, 0.6) is 0 Å². The van der Waals surface area contributed by atoms with Crippen LogP contribution >= 0.6 is 45.2 Å². The summed E-state index contributed by atoms with van der Waals surface area (Å²) in [6.07, 6.45) is 0. The van der Waals surface area contributed by atoms with Gasteiger partial charge in [-0.05, 0) is 96.3 Å². The molecule has 0 spiro atoms. The SMILES string of the molecule is CCn1c(Nc2ccc(C)cc2)nnc1[C@@H](C)NS(=O)(=O)c1ccc(I)c(I)c1. The van der Waals surface area contributed by atoms with E-state index in [1.54, 1.807) is 25.1 Å². The van der Waals surface area contributed by atoms with E-state index in [-0.39, 0.29) is 4.90 Å². The summed E-state index contributed by atoms with van der Waals surface area (Å²) in [6, 6.07) is 12.5. The van der Waals surface area contributed by atoms with Gasteiger partial charge in [-0.2, -0.15) is 0 Å². The van der Waals surface area contributed by atoms with Gasteiger partial charge >= 0.3 is 0 Å². The third kappa shape index (κ3) is 5.27. The molecular weight excluding hydrogens is 616 g/mol. The topological polar surface area (TPSA) is 88.9 Å². The molecule has 0 aliphatic heterocycles. The molecule has 0 unspecified atom stereocenters. The minimum absolute atomic E-state index is 0.231. The first kappa shape index (κ1) is 22.4. The number of anilines is 2. The summed E-state index contributed by atoms with van der Waals surface area (Å²) in [7, 11) is -3.69. The first-order chi connectivity index (χ1) is 13.7. The van der Waals surface area contributed by atoms with Crippen LogP contribution in [0.15, 0.2) is 47.4 Å². The normalized spacial score (nSPS) is 12.7. The summed E-state index contributed by atoms with van der Waals surface area (Å²) in [5, 5.41) is 11.7. The van der Waals surface area contributed by atoms with Crippen LogP contribution in [-0.4, -0.2) is 23.2 Å². The van der Waals surface area contributed by atoms with Crippen LogP contribution in [0, 0.1) is 14.1 Å². The molecule has 7 nitrogen and oxygen atoms in total. The lowest BCUT2D eigenvalue weighted by Gasteiger charge is -2.16. The van der Waals surface area contributed by atoms with Gasteiger partial charge in [-0.25, -0.2) is 13.1 Å². The van der Waals surface area contributed by atoms with E-state index in [0.717, 1.165) is 12.8 Å². The van der Waals surface area contributed by atoms with Gasteiger partial charge in [-0.15, -0.1) is 10.2 Å². The Labute approximate surface area is 198 Å².